The summed E-state index contributed by atoms with van der Waals surface area (Å²) in [5.41, 5.74) is 0. The normalized spacial score (nSPS) is 16.2. The van der Waals surface area contributed by atoms with Crippen LogP contribution in [0.2, 0.25) is 0 Å². The zero-order chi connectivity index (χ0) is 13.3. The van der Waals surface area contributed by atoms with Crippen LogP contribution in [0.25, 0.3) is 0 Å². The molecule has 1 aromatic heterocycles. The van der Waals surface area contributed by atoms with Crippen LogP contribution in [-0.4, -0.2) is 43.2 Å². The van der Waals surface area contributed by atoms with Crippen molar-refractivity contribution < 1.29 is 0 Å². The summed E-state index contributed by atoms with van der Waals surface area (Å²) in [5, 5.41) is 6.50. The van der Waals surface area contributed by atoms with Crippen molar-refractivity contribution in [3.8, 4) is 0 Å². The quantitative estimate of drug-likeness (QED) is 0.768. The summed E-state index contributed by atoms with van der Waals surface area (Å²) in [6.07, 6.45) is 8.00. The summed E-state index contributed by atoms with van der Waals surface area (Å²) in [4.78, 5) is 11.1. The van der Waals surface area contributed by atoms with E-state index < -0.39 is 0 Å². The fourth-order valence-corrected chi connectivity index (χ4v) is 2.40. The maximum absolute atomic E-state index is 4.41. The SMILES string of the molecule is CNCCCNc1cc(N2CCCCCC2)ncn1. The van der Waals surface area contributed by atoms with Crippen molar-refractivity contribution in [2.24, 2.45) is 0 Å². The highest BCUT2D eigenvalue weighted by molar-refractivity contribution is 5.48. The first-order chi connectivity index (χ1) is 9.40. The van der Waals surface area contributed by atoms with Gasteiger partial charge in [-0.2, -0.15) is 0 Å². The number of aromatic nitrogens is 2. The van der Waals surface area contributed by atoms with Gasteiger partial charge in [0.2, 0.25) is 0 Å². The van der Waals surface area contributed by atoms with E-state index in [9.17, 15) is 0 Å². The molecule has 1 aliphatic rings. The third-order valence-electron chi connectivity index (χ3n) is 3.49. The van der Waals surface area contributed by atoms with Gasteiger partial charge in [-0.25, -0.2) is 9.97 Å². The van der Waals surface area contributed by atoms with E-state index in [1.165, 1.54) is 25.7 Å². The number of rotatable bonds is 6. The molecule has 0 aromatic carbocycles. The van der Waals surface area contributed by atoms with Crippen LogP contribution >= 0.6 is 0 Å². The number of anilines is 2. The molecular formula is C14H25N5. The average Bonchev–Trinajstić information content (AvgIpc) is 2.73. The Morgan fingerprint density at radius 1 is 1.11 bits per heavy atom. The van der Waals surface area contributed by atoms with Crippen LogP contribution in [0.15, 0.2) is 12.4 Å². The summed E-state index contributed by atoms with van der Waals surface area (Å²) >= 11 is 0. The van der Waals surface area contributed by atoms with Crippen LogP contribution in [0.1, 0.15) is 32.1 Å². The Hall–Kier alpha value is -1.36. The van der Waals surface area contributed by atoms with Crippen molar-refractivity contribution in [2.75, 3.05) is 43.4 Å². The molecule has 0 aliphatic carbocycles. The Morgan fingerprint density at radius 2 is 1.89 bits per heavy atom. The van der Waals surface area contributed by atoms with Gasteiger partial charge in [-0.1, -0.05) is 12.8 Å². The number of nitrogens with zero attached hydrogens (tertiary/aromatic N) is 3. The molecule has 2 heterocycles. The lowest BCUT2D eigenvalue weighted by Crippen LogP contribution is -2.25. The second-order valence-electron chi connectivity index (χ2n) is 5.05. The first kappa shape index (κ1) is 14.1. The zero-order valence-corrected chi connectivity index (χ0v) is 11.9. The van der Waals surface area contributed by atoms with Gasteiger partial charge in [0.1, 0.15) is 18.0 Å². The van der Waals surface area contributed by atoms with Gasteiger partial charge in [-0.15, -0.1) is 0 Å². The summed E-state index contributed by atoms with van der Waals surface area (Å²) in [6.45, 7) is 4.21. The van der Waals surface area contributed by atoms with E-state index in [1.54, 1.807) is 6.33 Å². The van der Waals surface area contributed by atoms with E-state index in [2.05, 4.69) is 31.6 Å². The standard InChI is InChI=1S/C14H25N5/c1-15-7-6-8-16-13-11-14(18-12-17-13)19-9-4-2-3-5-10-19/h11-12,15H,2-10H2,1H3,(H,16,17,18). The molecule has 106 valence electrons. The molecule has 5 nitrogen and oxygen atoms in total. The van der Waals surface area contributed by atoms with Gasteiger partial charge in [0.25, 0.3) is 0 Å². The highest BCUT2D eigenvalue weighted by atomic mass is 15.2. The maximum Gasteiger partial charge on any atom is 0.134 e. The molecule has 0 bridgehead atoms. The minimum Gasteiger partial charge on any atom is -0.370 e. The summed E-state index contributed by atoms with van der Waals surface area (Å²) in [6, 6.07) is 2.07. The fourth-order valence-electron chi connectivity index (χ4n) is 2.40. The molecule has 0 unspecified atom stereocenters. The van der Waals surface area contributed by atoms with Gasteiger partial charge >= 0.3 is 0 Å². The van der Waals surface area contributed by atoms with Gasteiger partial charge in [0, 0.05) is 25.7 Å². The molecule has 1 aliphatic heterocycles. The smallest absolute Gasteiger partial charge is 0.134 e. The second-order valence-corrected chi connectivity index (χ2v) is 5.05. The van der Waals surface area contributed by atoms with Crippen molar-refractivity contribution in [1.82, 2.24) is 15.3 Å². The number of hydrogen-bond donors (Lipinski definition) is 2. The van der Waals surface area contributed by atoms with E-state index in [4.69, 9.17) is 0 Å². The molecule has 1 fully saturated rings. The van der Waals surface area contributed by atoms with Crippen molar-refractivity contribution in [1.29, 1.82) is 0 Å². The third kappa shape index (κ3) is 4.67. The Morgan fingerprint density at radius 3 is 2.63 bits per heavy atom. The van der Waals surface area contributed by atoms with Crippen LogP contribution in [-0.2, 0) is 0 Å². The lowest BCUT2D eigenvalue weighted by molar-refractivity contribution is 0.726. The molecular weight excluding hydrogens is 238 g/mol. The molecule has 2 rings (SSSR count). The van der Waals surface area contributed by atoms with Gasteiger partial charge in [0.15, 0.2) is 0 Å². The highest BCUT2D eigenvalue weighted by Gasteiger charge is 2.11. The monoisotopic (exact) mass is 263 g/mol. The first-order valence-electron chi connectivity index (χ1n) is 7.35. The fraction of sp³-hybridized carbons (Fsp3) is 0.714. The summed E-state index contributed by atoms with van der Waals surface area (Å²) < 4.78 is 0. The molecule has 0 saturated carbocycles. The van der Waals surface area contributed by atoms with E-state index in [0.29, 0.717) is 0 Å². The van der Waals surface area contributed by atoms with Crippen LogP contribution in [0, 0.1) is 0 Å². The van der Waals surface area contributed by atoms with Crippen LogP contribution in [0.5, 0.6) is 0 Å². The molecule has 0 radical (unpaired) electrons. The van der Waals surface area contributed by atoms with Gasteiger partial charge in [0.05, 0.1) is 0 Å². The topological polar surface area (TPSA) is 53.1 Å². The minimum absolute atomic E-state index is 0.936. The third-order valence-corrected chi connectivity index (χ3v) is 3.49. The van der Waals surface area contributed by atoms with Crippen molar-refractivity contribution >= 4 is 11.6 Å². The molecule has 2 N–H and O–H groups in total. The molecule has 1 saturated heterocycles. The zero-order valence-electron chi connectivity index (χ0n) is 11.9. The molecule has 5 heteroatoms. The minimum atomic E-state index is 0.936. The van der Waals surface area contributed by atoms with Crippen LogP contribution in [0.3, 0.4) is 0 Å². The Labute approximate surface area is 115 Å². The van der Waals surface area contributed by atoms with Gasteiger partial charge in [-0.3, -0.25) is 0 Å². The Balaban J connectivity index is 1.90. The summed E-state index contributed by atoms with van der Waals surface area (Å²) in [5.74, 6) is 2.00. The molecule has 1 aromatic rings. The van der Waals surface area contributed by atoms with Gasteiger partial charge in [-0.05, 0) is 32.9 Å². The highest BCUT2D eigenvalue weighted by Crippen LogP contribution is 2.18. The Bertz CT molecular complexity index is 361. The van der Waals surface area contributed by atoms with Crippen LogP contribution in [0.4, 0.5) is 11.6 Å². The van der Waals surface area contributed by atoms with Crippen molar-refractivity contribution in [2.45, 2.75) is 32.1 Å². The first-order valence-corrected chi connectivity index (χ1v) is 7.35. The number of nitrogens with one attached hydrogen (secondary N) is 2. The number of hydrogen-bond acceptors (Lipinski definition) is 5. The molecule has 0 atom stereocenters. The lowest BCUT2D eigenvalue weighted by atomic mass is 10.2. The lowest BCUT2D eigenvalue weighted by Gasteiger charge is -2.21. The van der Waals surface area contributed by atoms with Crippen LogP contribution < -0.4 is 15.5 Å². The second kappa shape index (κ2) is 7.94. The summed E-state index contributed by atoms with van der Waals surface area (Å²) in [7, 11) is 1.97. The molecule has 0 spiro atoms. The molecule has 0 amide bonds. The predicted octanol–water partition coefficient (Wildman–Crippen LogP) is 1.88. The largest absolute Gasteiger partial charge is 0.370 e. The van der Waals surface area contributed by atoms with E-state index in [-0.39, 0.29) is 0 Å². The van der Waals surface area contributed by atoms with E-state index >= 15 is 0 Å². The molecule has 19 heavy (non-hydrogen) atoms. The van der Waals surface area contributed by atoms with Gasteiger partial charge < -0.3 is 15.5 Å². The van der Waals surface area contributed by atoms with E-state index in [1.807, 2.05) is 7.05 Å². The maximum atomic E-state index is 4.41. The predicted molar refractivity (Wildman–Crippen MR) is 79.7 cm³/mol. The Kier molecular flexibility index (Phi) is 5.88. The van der Waals surface area contributed by atoms with Crippen molar-refractivity contribution in [3.05, 3.63) is 12.4 Å². The van der Waals surface area contributed by atoms with Crippen molar-refractivity contribution in [3.63, 3.8) is 0 Å². The van der Waals surface area contributed by atoms with E-state index in [0.717, 1.165) is 44.2 Å². The average molecular weight is 263 g/mol.